The van der Waals surface area contributed by atoms with Gasteiger partial charge in [-0.1, -0.05) is 13.8 Å². The van der Waals surface area contributed by atoms with E-state index in [2.05, 4.69) is 29.5 Å². The molecule has 0 aliphatic carbocycles. The number of sulfone groups is 1. The summed E-state index contributed by atoms with van der Waals surface area (Å²) in [6, 6.07) is 0. The first-order valence-corrected chi connectivity index (χ1v) is 9.19. The minimum absolute atomic E-state index is 0.0650. The van der Waals surface area contributed by atoms with E-state index in [4.69, 9.17) is 4.74 Å². The summed E-state index contributed by atoms with van der Waals surface area (Å²) in [5, 5.41) is 6.32. The first kappa shape index (κ1) is 19.2. The van der Waals surface area contributed by atoms with Crippen LogP contribution < -0.4 is 10.6 Å². The summed E-state index contributed by atoms with van der Waals surface area (Å²) in [6.07, 6.45) is 2.26. The molecule has 0 spiro atoms. The van der Waals surface area contributed by atoms with Crippen molar-refractivity contribution < 1.29 is 13.2 Å². The third kappa shape index (κ3) is 13.6. The Labute approximate surface area is 123 Å². The Balaban J connectivity index is 3.80. The SMILES string of the molecule is CCNC(=NCCC(C)C)NCCOCCS(C)(=O)=O. The maximum atomic E-state index is 10.9. The average molecular weight is 307 g/mol. The van der Waals surface area contributed by atoms with Crippen LogP contribution in [0.15, 0.2) is 4.99 Å². The summed E-state index contributed by atoms with van der Waals surface area (Å²) in [7, 11) is -2.94. The molecule has 20 heavy (non-hydrogen) atoms. The normalized spacial score (nSPS) is 12.8. The summed E-state index contributed by atoms with van der Waals surface area (Å²) in [6.45, 7) is 9.27. The van der Waals surface area contributed by atoms with Crippen molar-refractivity contribution in [3.8, 4) is 0 Å². The van der Waals surface area contributed by atoms with E-state index in [1.165, 1.54) is 6.26 Å². The molecule has 2 N–H and O–H groups in total. The van der Waals surface area contributed by atoms with Crippen LogP contribution in [0, 0.1) is 5.92 Å². The zero-order chi connectivity index (χ0) is 15.4. The second-order valence-corrected chi connectivity index (χ2v) is 7.37. The molecule has 120 valence electrons. The molecule has 0 rings (SSSR count). The molecule has 0 radical (unpaired) electrons. The molecule has 0 saturated heterocycles. The lowest BCUT2D eigenvalue weighted by Crippen LogP contribution is -2.39. The van der Waals surface area contributed by atoms with Crippen molar-refractivity contribution in [3.63, 3.8) is 0 Å². The summed E-state index contributed by atoms with van der Waals surface area (Å²) in [4.78, 5) is 4.45. The Morgan fingerprint density at radius 2 is 1.95 bits per heavy atom. The second kappa shape index (κ2) is 10.9. The van der Waals surface area contributed by atoms with Gasteiger partial charge >= 0.3 is 0 Å². The minimum atomic E-state index is -2.94. The van der Waals surface area contributed by atoms with Crippen molar-refractivity contribution in [2.24, 2.45) is 10.9 Å². The number of rotatable bonds is 10. The first-order chi connectivity index (χ1) is 9.35. The van der Waals surface area contributed by atoms with Crippen molar-refractivity contribution in [3.05, 3.63) is 0 Å². The van der Waals surface area contributed by atoms with Crippen LogP contribution in [0.1, 0.15) is 27.2 Å². The highest BCUT2D eigenvalue weighted by molar-refractivity contribution is 7.90. The van der Waals surface area contributed by atoms with E-state index in [0.29, 0.717) is 19.1 Å². The molecule has 0 saturated carbocycles. The van der Waals surface area contributed by atoms with Gasteiger partial charge in [0.1, 0.15) is 9.84 Å². The van der Waals surface area contributed by atoms with Crippen molar-refractivity contribution in [1.82, 2.24) is 10.6 Å². The maximum Gasteiger partial charge on any atom is 0.191 e. The number of ether oxygens (including phenoxy) is 1. The molecular weight excluding hydrogens is 278 g/mol. The number of nitrogens with zero attached hydrogens (tertiary/aromatic N) is 1. The van der Waals surface area contributed by atoms with Gasteiger partial charge in [0.25, 0.3) is 0 Å². The largest absolute Gasteiger partial charge is 0.379 e. The molecule has 7 heteroatoms. The predicted molar refractivity (Wildman–Crippen MR) is 84.0 cm³/mol. The lowest BCUT2D eigenvalue weighted by Gasteiger charge is -2.11. The van der Waals surface area contributed by atoms with E-state index in [9.17, 15) is 8.42 Å². The molecule has 0 atom stereocenters. The Morgan fingerprint density at radius 1 is 1.25 bits per heavy atom. The Kier molecular flexibility index (Phi) is 10.5. The van der Waals surface area contributed by atoms with Crippen LogP contribution in [0.3, 0.4) is 0 Å². The van der Waals surface area contributed by atoms with Crippen LogP contribution in [-0.2, 0) is 14.6 Å². The number of aliphatic imine (C=N–C) groups is 1. The van der Waals surface area contributed by atoms with Crippen molar-refractivity contribution in [2.45, 2.75) is 27.2 Å². The first-order valence-electron chi connectivity index (χ1n) is 7.12. The van der Waals surface area contributed by atoms with E-state index in [1.807, 2.05) is 6.92 Å². The molecule has 0 amide bonds. The molecule has 0 heterocycles. The number of nitrogens with one attached hydrogen (secondary N) is 2. The maximum absolute atomic E-state index is 10.9. The molecule has 0 unspecified atom stereocenters. The van der Waals surface area contributed by atoms with Gasteiger partial charge in [-0.2, -0.15) is 0 Å². The van der Waals surface area contributed by atoms with Gasteiger partial charge in [-0.15, -0.1) is 0 Å². The third-order valence-corrected chi connectivity index (χ3v) is 3.37. The molecule has 0 aliphatic rings. The fourth-order valence-electron chi connectivity index (χ4n) is 1.33. The van der Waals surface area contributed by atoms with Crippen molar-refractivity contribution in [1.29, 1.82) is 0 Å². The third-order valence-electron chi connectivity index (χ3n) is 2.46. The number of hydrogen-bond donors (Lipinski definition) is 2. The Morgan fingerprint density at radius 3 is 2.50 bits per heavy atom. The fourth-order valence-corrected chi connectivity index (χ4v) is 1.75. The predicted octanol–water partition coefficient (Wildman–Crippen LogP) is 0.649. The summed E-state index contributed by atoms with van der Waals surface area (Å²) in [5.74, 6) is 1.48. The van der Waals surface area contributed by atoms with Crippen LogP contribution in [0.4, 0.5) is 0 Å². The van der Waals surface area contributed by atoms with Gasteiger partial charge in [-0.25, -0.2) is 8.42 Å². The molecule has 0 fully saturated rings. The zero-order valence-corrected chi connectivity index (χ0v) is 13.9. The van der Waals surface area contributed by atoms with Gasteiger partial charge < -0.3 is 15.4 Å². The highest BCUT2D eigenvalue weighted by Crippen LogP contribution is 1.98. The van der Waals surface area contributed by atoms with Gasteiger partial charge in [0.2, 0.25) is 0 Å². The molecule has 0 aromatic heterocycles. The molecular formula is C13H29N3O3S. The number of guanidine groups is 1. The van der Waals surface area contributed by atoms with E-state index >= 15 is 0 Å². The summed E-state index contributed by atoms with van der Waals surface area (Å²) >= 11 is 0. The second-order valence-electron chi connectivity index (χ2n) is 5.11. The zero-order valence-electron chi connectivity index (χ0n) is 13.1. The monoisotopic (exact) mass is 307 g/mol. The Hall–Kier alpha value is -0.820. The van der Waals surface area contributed by atoms with Gasteiger partial charge in [0.15, 0.2) is 5.96 Å². The van der Waals surface area contributed by atoms with Crippen LogP contribution >= 0.6 is 0 Å². The molecule has 0 aromatic rings. The summed E-state index contributed by atoms with van der Waals surface area (Å²) < 4.78 is 27.1. The average Bonchev–Trinajstić information content (AvgIpc) is 2.31. The quantitative estimate of drug-likeness (QED) is 0.352. The van der Waals surface area contributed by atoms with Gasteiger partial charge in [-0.3, -0.25) is 4.99 Å². The van der Waals surface area contributed by atoms with Gasteiger partial charge in [0, 0.05) is 25.9 Å². The lowest BCUT2D eigenvalue weighted by molar-refractivity contribution is 0.154. The van der Waals surface area contributed by atoms with E-state index in [-0.39, 0.29) is 12.4 Å². The fraction of sp³-hybridized carbons (Fsp3) is 0.923. The van der Waals surface area contributed by atoms with Crippen LogP contribution in [0.2, 0.25) is 0 Å². The standard InChI is InChI=1S/C13H29N3O3S/c1-5-14-13(15-7-6-12(2)3)16-8-9-19-10-11-20(4,17)18/h12H,5-11H2,1-4H3,(H2,14,15,16). The van der Waals surface area contributed by atoms with Crippen molar-refractivity contribution >= 4 is 15.8 Å². The molecule has 6 nitrogen and oxygen atoms in total. The minimum Gasteiger partial charge on any atom is -0.379 e. The summed E-state index contributed by atoms with van der Waals surface area (Å²) in [5.41, 5.74) is 0. The van der Waals surface area contributed by atoms with E-state index in [0.717, 1.165) is 25.5 Å². The van der Waals surface area contributed by atoms with Crippen LogP contribution in [0.5, 0.6) is 0 Å². The smallest absolute Gasteiger partial charge is 0.191 e. The van der Waals surface area contributed by atoms with Crippen LogP contribution in [-0.4, -0.2) is 59.2 Å². The lowest BCUT2D eigenvalue weighted by atomic mass is 10.1. The Bertz CT molecular complexity index is 367. The highest BCUT2D eigenvalue weighted by Gasteiger charge is 2.01. The van der Waals surface area contributed by atoms with Crippen LogP contribution in [0.25, 0.3) is 0 Å². The van der Waals surface area contributed by atoms with E-state index in [1.54, 1.807) is 0 Å². The number of hydrogen-bond acceptors (Lipinski definition) is 4. The molecule has 0 aliphatic heterocycles. The van der Waals surface area contributed by atoms with E-state index < -0.39 is 9.84 Å². The highest BCUT2D eigenvalue weighted by atomic mass is 32.2. The topological polar surface area (TPSA) is 79.8 Å². The van der Waals surface area contributed by atoms with Gasteiger partial charge in [-0.05, 0) is 19.3 Å². The van der Waals surface area contributed by atoms with Gasteiger partial charge in [0.05, 0.1) is 19.0 Å². The van der Waals surface area contributed by atoms with Crippen molar-refractivity contribution in [2.75, 3.05) is 44.9 Å². The molecule has 0 bridgehead atoms. The molecule has 0 aromatic carbocycles.